The van der Waals surface area contributed by atoms with Crippen LogP contribution in [-0.4, -0.2) is 29.5 Å². The molecular weight excluding hydrogens is 410 g/mol. The van der Waals surface area contributed by atoms with Gasteiger partial charge in [-0.05, 0) is 75.5 Å². The largest absolute Gasteiger partial charge is 0.545 e. The fourth-order valence-electron chi connectivity index (χ4n) is 4.39. The van der Waals surface area contributed by atoms with Crippen molar-refractivity contribution in [1.82, 2.24) is 4.90 Å². The van der Waals surface area contributed by atoms with Crippen LogP contribution in [0.1, 0.15) is 67.1 Å². The third-order valence-corrected chi connectivity index (χ3v) is 6.06. The molecule has 4 heteroatoms. The average Bonchev–Trinajstić information content (AvgIpc) is 2.81. The second-order valence-corrected chi connectivity index (χ2v) is 8.99. The van der Waals surface area contributed by atoms with Crippen LogP contribution in [0.25, 0.3) is 0 Å². The second kappa shape index (κ2) is 11.7. The third-order valence-electron chi connectivity index (χ3n) is 6.06. The number of rotatable bonds is 11. The number of carbonyl (C=O) groups excluding carboxylic acids is 1. The van der Waals surface area contributed by atoms with E-state index in [0.29, 0.717) is 24.4 Å². The van der Waals surface area contributed by atoms with Crippen molar-refractivity contribution in [1.29, 1.82) is 0 Å². The molecule has 1 atom stereocenters. The van der Waals surface area contributed by atoms with Gasteiger partial charge in [-0.15, -0.1) is 0 Å². The first kappa shape index (κ1) is 24.5. The zero-order valence-electron chi connectivity index (χ0n) is 20.0. The molecule has 3 aromatic carbocycles. The molecule has 1 unspecified atom stereocenters. The van der Waals surface area contributed by atoms with Gasteiger partial charge in [0.2, 0.25) is 0 Å². The summed E-state index contributed by atoms with van der Waals surface area (Å²) in [5, 5.41) is 11.7. The zero-order valence-corrected chi connectivity index (χ0v) is 20.0. The lowest BCUT2D eigenvalue weighted by atomic mass is 9.86. The van der Waals surface area contributed by atoms with E-state index < -0.39 is 5.97 Å². The van der Waals surface area contributed by atoms with E-state index in [0.717, 1.165) is 29.7 Å². The summed E-state index contributed by atoms with van der Waals surface area (Å²) in [6, 6.07) is 26.1. The van der Waals surface area contributed by atoms with Crippen LogP contribution in [0.15, 0.2) is 78.9 Å². The Morgan fingerprint density at radius 3 is 2.06 bits per heavy atom. The molecule has 0 aliphatic heterocycles. The monoisotopic (exact) mass is 444 g/mol. The number of hydrogen-bond acceptors (Lipinski definition) is 4. The summed E-state index contributed by atoms with van der Waals surface area (Å²) in [6.45, 7) is 10.2. The molecule has 0 spiro atoms. The summed E-state index contributed by atoms with van der Waals surface area (Å²) < 4.78 is 6.24. The SMILES string of the molecule is CC(C)N(CCC(c1ccccc1)c1cc(C(=O)[O-])ccc1OCc1ccccc1)C(C)C. The Morgan fingerprint density at radius 2 is 1.48 bits per heavy atom. The van der Waals surface area contributed by atoms with E-state index in [1.807, 2.05) is 48.5 Å². The predicted molar refractivity (Wildman–Crippen MR) is 131 cm³/mol. The van der Waals surface area contributed by atoms with E-state index in [1.165, 1.54) is 0 Å². The predicted octanol–water partition coefficient (Wildman–Crippen LogP) is 5.27. The fraction of sp³-hybridized carbons (Fsp3) is 0.345. The highest BCUT2D eigenvalue weighted by Gasteiger charge is 2.22. The number of benzene rings is 3. The highest BCUT2D eigenvalue weighted by Crippen LogP contribution is 2.36. The minimum Gasteiger partial charge on any atom is -0.545 e. The van der Waals surface area contributed by atoms with Gasteiger partial charge in [-0.1, -0.05) is 60.7 Å². The summed E-state index contributed by atoms with van der Waals surface area (Å²) in [7, 11) is 0. The van der Waals surface area contributed by atoms with Gasteiger partial charge in [-0.3, -0.25) is 4.90 Å². The molecule has 33 heavy (non-hydrogen) atoms. The highest BCUT2D eigenvalue weighted by molar-refractivity contribution is 5.86. The van der Waals surface area contributed by atoms with Gasteiger partial charge in [0.15, 0.2) is 0 Å². The zero-order chi connectivity index (χ0) is 23.8. The van der Waals surface area contributed by atoms with Crippen LogP contribution in [0, 0.1) is 0 Å². The number of nitrogens with zero attached hydrogens (tertiary/aromatic N) is 1. The Labute approximate surface area is 197 Å². The van der Waals surface area contributed by atoms with Crippen LogP contribution in [-0.2, 0) is 6.61 Å². The van der Waals surface area contributed by atoms with Crippen molar-refractivity contribution in [3.63, 3.8) is 0 Å². The van der Waals surface area contributed by atoms with E-state index in [4.69, 9.17) is 4.74 Å². The van der Waals surface area contributed by atoms with Crippen molar-refractivity contribution in [2.75, 3.05) is 6.54 Å². The lowest BCUT2D eigenvalue weighted by molar-refractivity contribution is -0.255. The average molecular weight is 445 g/mol. The third kappa shape index (κ3) is 6.69. The molecule has 0 aliphatic rings. The Bertz CT molecular complexity index is 1010. The second-order valence-electron chi connectivity index (χ2n) is 8.99. The van der Waals surface area contributed by atoms with E-state index in [1.54, 1.807) is 18.2 Å². The molecule has 0 aromatic heterocycles. The molecule has 0 N–H and O–H groups in total. The molecule has 0 saturated carbocycles. The first-order chi connectivity index (χ1) is 15.9. The molecule has 3 rings (SSSR count). The van der Waals surface area contributed by atoms with E-state index in [2.05, 4.69) is 44.7 Å². The molecule has 0 saturated heterocycles. The Balaban J connectivity index is 1.99. The first-order valence-corrected chi connectivity index (χ1v) is 11.7. The van der Waals surface area contributed by atoms with E-state index in [-0.39, 0.29) is 11.5 Å². The lowest BCUT2D eigenvalue weighted by Gasteiger charge is -2.32. The van der Waals surface area contributed by atoms with Crippen molar-refractivity contribution in [3.8, 4) is 5.75 Å². The van der Waals surface area contributed by atoms with E-state index >= 15 is 0 Å². The van der Waals surface area contributed by atoms with Gasteiger partial charge in [-0.25, -0.2) is 0 Å². The van der Waals surface area contributed by atoms with Crippen LogP contribution in [0.2, 0.25) is 0 Å². The van der Waals surface area contributed by atoms with Gasteiger partial charge >= 0.3 is 0 Å². The molecule has 0 fully saturated rings. The maximum atomic E-state index is 11.7. The normalized spacial score (nSPS) is 12.3. The molecule has 0 amide bonds. The maximum Gasteiger partial charge on any atom is 0.123 e. The standard InChI is InChI=1S/C29H35NO3/c1-21(2)30(22(3)4)18-17-26(24-13-9-6-10-14-24)27-19-25(29(31)32)15-16-28(27)33-20-23-11-7-5-8-12-23/h5-16,19,21-22,26H,17-18,20H2,1-4H3,(H,31,32)/p-1. The summed E-state index contributed by atoms with van der Waals surface area (Å²) in [5.74, 6) is -0.474. The Hall–Kier alpha value is -3.11. The van der Waals surface area contributed by atoms with Gasteiger partial charge < -0.3 is 14.6 Å². The smallest absolute Gasteiger partial charge is 0.123 e. The van der Waals surface area contributed by atoms with Crippen molar-refractivity contribution in [2.24, 2.45) is 0 Å². The van der Waals surface area contributed by atoms with Crippen LogP contribution in [0.3, 0.4) is 0 Å². The molecule has 4 nitrogen and oxygen atoms in total. The van der Waals surface area contributed by atoms with Crippen molar-refractivity contribution < 1.29 is 14.6 Å². The van der Waals surface area contributed by atoms with Gasteiger partial charge in [0, 0.05) is 23.6 Å². The highest BCUT2D eigenvalue weighted by atomic mass is 16.5. The van der Waals surface area contributed by atoms with Crippen LogP contribution < -0.4 is 9.84 Å². The first-order valence-electron chi connectivity index (χ1n) is 11.7. The number of ether oxygens (including phenoxy) is 1. The quantitative estimate of drug-likeness (QED) is 0.404. The number of aromatic carboxylic acids is 1. The minimum atomic E-state index is -1.18. The van der Waals surface area contributed by atoms with Gasteiger partial charge in [0.1, 0.15) is 12.4 Å². The van der Waals surface area contributed by atoms with Crippen LogP contribution in [0.5, 0.6) is 5.75 Å². The fourth-order valence-corrected chi connectivity index (χ4v) is 4.39. The molecule has 0 aliphatic carbocycles. The van der Waals surface area contributed by atoms with E-state index in [9.17, 15) is 9.90 Å². The number of carboxylic acids is 1. The molecule has 0 heterocycles. The summed E-state index contributed by atoms with van der Waals surface area (Å²) in [5.41, 5.74) is 3.26. The molecule has 174 valence electrons. The van der Waals surface area contributed by atoms with Crippen LogP contribution >= 0.6 is 0 Å². The molecular formula is C29H34NO3-. The Kier molecular flexibility index (Phi) is 8.67. The topological polar surface area (TPSA) is 52.6 Å². The molecule has 0 bridgehead atoms. The van der Waals surface area contributed by atoms with Crippen LogP contribution in [0.4, 0.5) is 0 Å². The summed E-state index contributed by atoms with van der Waals surface area (Å²) in [6.07, 6.45) is 0.846. The van der Waals surface area contributed by atoms with Gasteiger partial charge in [0.25, 0.3) is 0 Å². The summed E-state index contributed by atoms with van der Waals surface area (Å²) in [4.78, 5) is 14.1. The van der Waals surface area contributed by atoms with Crippen molar-refractivity contribution in [2.45, 2.75) is 58.7 Å². The number of carboxylic acid groups (broad SMARTS) is 1. The number of hydrogen-bond donors (Lipinski definition) is 0. The Morgan fingerprint density at radius 1 is 0.879 bits per heavy atom. The van der Waals surface area contributed by atoms with Crippen molar-refractivity contribution >= 4 is 5.97 Å². The molecule has 3 aromatic rings. The lowest BCUT2D eigenvalue weighted by Crippen LogP contribution is -2.38. The minimum absolute atomic E-state index is 0.00345. The molecule has 0 radical (unpaired) electrons. The maximum absolute atomic E-state index is 11.7. The van der Waals surface area contributed by atoms with Gasteiger partial charge in [-0.2, -0.15) is 0 Å². The van der Waals surface area contributed by atoms with Gasteiger partial charge in [0.05, 0.1) is 5.97 Å². The summed E-state index contributed by atoms with van der Waals surface area (Å²) >= 11 is 0. The van der Waals surface area contributed by atoms with Crippen molar-refractivity contribution in [3.05, 3.63) is 101 Å². The number of carbonyl (C=O) groups is 1.